The number of nitrogens with one attached hydrogen (secondary N) is 2. The van der Waals surface area contributed by atoms with Crippen LogP contribution >= 0.6 is 15.9 Å². The molecule has 1 heterocycles. The number of esters is 1. The van der Waals surface area contributed by atoms with E-state index in [0.717, 1.165) is 36.1 Å². The number of hydrogen-bond donors (Lipinski definition) is 2. The van der Waals surface area contributed by atoms with Gasteiger partial charge in [-0.05, 0) is 67.0 Å². The number of carbonyl (C=O) groups is 1. The third-order valence-corrected chi connectivity index (χ3v) is 3.84. The molecule has 4 nitrogen and oxygen atoms in total. The van der Waals surface area contributed by atoms with Gasteiger partial charge in [-0.2, -0.15) is 0 Å². The number of ether oxygens (including phenoxy) is 1. The normalized spacial score (nSPS) is 16.1. The van der Waals surface area contributed by atoms with Gasteiger partial charge in [-0.3, -0.25) is 0 Å². The molecule has 0 amide bonds. The maximum absolute atomic E-state index is 11.6. The van der Waals surface area contributed by atoms with Crippen molar-refractivity contribution in [1.29, 1.82) is 0 Å². The molecule has 0 spiro atoms. The van der Waals surface area contributed by atoms with Crippen molar-refractivity contribution in [3.63, 3.8) is 0 Å². The highest BCUT2D eigenvalue weighted by atomic mass is 79.9. The quantitative estimate of drug-likeness (QED) is 0.835. The molecule has 2 rings (SSSR count). The standard InChI is InChI=1S/C14H19BrN2O2/c1-2-19-14(18)10-3-4-13(12(15)9-10)17-11-5-7-16-8-6-11/h3-4,9,11,16-17H,2,5-8H2,1H3. The molecule has 0 unspecified atom stereocenters. The molecule has 0 atom stereocenters. The van der Waals surface area contributed by atoms with Gasteiger partial charge in [-0.15, -0.1) is 0 Å². The molecule has 0 radical (unpaired) electrons. The molecule has 0 aliphatic carbocycles. The Labute approximate surface area is 122 Å². The van der Waals surface area contributed by atoms with Crippen LogP contribution in [-0.4, -0.2) is 31.7 Å². The number of carbonyl (C=O) groups excluding carboxylic acids is 1. The molecule has 5 heteroatoms. The number of benzene rings is 1. The van der Waals surface area contributed by atoms with Gasteiger partial charge in [0.05, 0.1) is 12.2 Å². The average molecular weight is 327 g/mol. The summed E-state index contributed by atoms with van der Waals surface area (Å²) in [6.45, 7) is 4.30. The van der Waals surface area contributed by atoms with Crippen LogP contribution in [0.1, 0.15) is 30.1 Å². The lowest BCUT2D eigenvalue weighted by molar-refractivity contribution is 0.0526. The largest absolute Gasteiger partial charge is 0.462 e. The first kappa shape index (κ1) is 14.3. The molecule has 104 valence electrons. The predicted octanol–water partition coefficient (Wildman–Crippen LogP) is 2.79. The third-order valence-electron chi connectivity index (χ3n) is 3.18. The molecule has 0 saturated carbocycles. The maximum atomic E-state index is 11.6. The lowest BCUT2D eigenvalue weighted by Gasteiger charge is -2.25. The Morgan fingerprint density at radius 2 is 2.21 bits per heavy atom. The highest BCUT2D eigenvalue weighted by molar-refractivity contribution is 9.10. The van der Waals surface area contributed by atoms with E-state index in [1.54, 1.807) is 19.1 Å². The lowest BCUT2D eigenvalue weighted by atomic mass is 10.1. The van der Waals surface area contributed by atoms with E-state index in [0.29, 0.717) is 18.2 Å². The first-order chi connectivity index (χ1) is 9.20. The van der Waals surface area contributed by atoms with Crippen molar-refractivity contribution >= 4 is 27.6 Å². The molecular weight excluding hydrogens is 308 g/mol. The van der Waals surface area contributed by atoms with Crippen LogP contribution in [0.4, 0.5) is 5.69 Å². The molecule has 1 saturated heterocycles. The predicted molar refractivity (Wildman–Crippen MR) is 79.6 cm³/mol. The van der Waals surface area contributed by atoms with Crippen molar-refractivity contribution in [2.45, 2.75) is 25.8 Å². The SMILES string of the molecule is CCOC(=O)c1ccc(NC2CCNCC2)c(Br)c1. The molecule has 19 heavy (non-hydrogen) atoms. The summed E-state index contributed by atoms with van der Waals surface area (Å²) in [6, 6.07) is 6.03. The molecular formula is C14H19BrN2O2. The van der Waals surface area contributed by atoms with Crippen LogP contribution in [0.5, 0.6) is 0 Å². The van der Waals surface area contributed by atoms with Crippen LogP contribution in [0, 0.1) is 0 Å². The summed E-state index contributed by atoms with van der Waals surface area (Å²) in [5.41, 5.74) is 1.60. The monoisotopic (exact) mass is 326 g/mol. The fourth-order valence-corrected chi connectivity index (χ4v) is 2.65. The van der Waals surface area contributed by atoms with Crippen LogP contribution in [-0.2, 0) is 4.74 Å². The van der Waals surface area contributed by atoms with Gasteiger partial charge in [0, 0.05) is 16.2 Å². The highest BCUT2D eigenvalue weighted by Gasteiger charge is 2.15. The van der Waals surface area contributed by atoms with Gasteiger partial charge in [0.2, 0.25) is 0 Å². The fourth-order valence-electron chi connectivity index (χ4n) is 2.16. The topological polar surface area (TPSA) is 50.4 Å². The van der Waals surface area contributed by atoms with Gasteiger partial charge < -0.3 is 15.4 Å². The van der Waals surface area contributed by atoms with E-state index >= 15 is 0 Å². The molecule has 0 aromatic heterocycles. The summed E-state index contributed by atoms with van der Waals surface area (Å²) in [5.74, 6) is -0.281. The van der Waals surface area contributed by atoms with Crippen molar-refractivity contribution in [1.82, 2.24) is 5.32 Å². The molecule has 1 aromatic rings. The molecule has 0 bridgehead atoms. The highest BCUT2D eigenvalue weighted by Crippen LogP contribution is 2.26. The van der Waals surface area contributed by atoms with Crippen LogP contribution in [0.25, 0.3) is 0 Å². The minimum Gasteiger partial charge on any atom is -0.462 e. The Kier molecular flexibility index (Phi) is 5.22. The van der Waals surface area contributed by atoms with Gasteiger partial charge in [0.25, 0.3) is 0 Å². The molecule has 2 N–H and O–H groups in total. The zero-order valence-electron chi connectivity index (χ0n) is 11.0. The summed E-state index contributed by atoms with van der Waals surface area (Å²) < 4.78 is 5.88. The Hall–Kier alpha value is -1.07. The van der Waals surface area contributed by atoms with Crippen LogP contribution in [0.3, 0.4) is 0 Å². The van der Waals surface area contributed by atoms with Crippen LogP contribution in [0.15, 0.2) is 22.7 Å². The summed E-state index contributed by atoms with van der Waals surface area (Å²) >= 11 is 3.51. The zero-order chi connectivity index (χ0) is 13.7. The minimum atomic E-state index is -0.281. The first-order valence-electron chi connectivity index (χ1n) is 6.64. The Morgan fingerprint density at radius 1 is 1.47 bits per heavy atom. The zero-order valence-corrected chi connectivity index (χ0v) is 12.6. The Balaban J connectivity index is 2.04. The maximum Gasteiger partial charge on any atom is 0.338 e. The van der Waals surface area contributed by atoms with E-state index in [-0.39, 0.29) is 5.97 Å². The van der Waals surface area contributed by atoms with Gasteiger partial charge in [0.1, 0.15) is 0 Å². The lowest BCUT2D eigenvalue weighted by Crippen LogP contribution is -2.35. The van der Waals surface area contributed by atoms with E-state index in [1.807, 2.05) is 6.07 Å². The number of piperidine rings is 1. The number of rotatable bonds is 4. The minimum absolute atomic E-state index is 0.281. The van der Waals surface area contributed by atoms with E-state index in [2.05, 4.69) is 26.6 Å². The van der Waals surface area contributed by atoms with Crippen molar-refractivity contribution < 1.29 is 9.53 Å². The first-order valence-corrected chi connectivity index (χ1v) is 7.44. The Morgan fingerprint density at radius 3 is 2.84 bits per heavy atom. The van der Waals surface area contributed by atoms with E-state index in [9.17, 15) is 4.79 Å². The van der Waals surface area contributed by atoms with Crippen molar-refractivity contribution in [3.8, 4) is 0 Å². The third kappa shape index (κ3) is 3.94. The Bertz CT molecular complexity index is 445. The smallest absolute Gasteiger partial charge is 0.338 e. The number of anilines is 1. The van der Waals surface area contributed by atoms with Crippen LogP contribution in [0.2, 0.25) is 0 Å². The van der Waals surface area contributed by atoms with Gasteiger partial charge in [0.15, 0.2) is 0 Å². The van der Waals surface area contributed by atoms with Crippen molar-refractivity contribution in [2.24, 2.45) is 0 Å². The summed E-state index contributed by atoms with van der Waals surface area (Å²) in [6.07, 6.45) is 2.23. The van der Waals surface area contributed by atoms with Gasteiger partial charge in [-0.25, -0.2) is 4.79 Å². The summed E-state index contributed by atoms with van der Waals surface area (Å²) in [7, 11) is 0. The second kappa shape index (κ2) is 6.91. The van der Waals surface area contributed by atoms with Crippen LogP contribution < -0.4 is 10.6 Å². The summed E-state index contributed by atoms with van der Waals surface area (Å²) in [5, 5.41) is 6.85. The van der Waals surface area contributed by atoms with Crippen molar-refractivity contribution in [2.75, 3.05) is 25.0 Å². The second-order valence-electron chi connectivity index (χ2n) is 4.58. The van der Waals surface area contributed by atoms with Crippen molar-refractivity contribution in [3.05, 3.63) is 28.2 Å². The molecule has 1 aliphatic heterocycles. The average Bonchev–Trinajstić information content (AvgIpc) is 2.42. The fraction of sp³-hybridized carbons (Fsp3) is 0.500. The molecule has 1 aromatic carbocycles. The molecule has 1 aliphatic rings. The van der Waals surface area contributed by atoms with Gasteiger partial charge in [-0.1, -0.05) is 0 Å². The summed E-state index contributed by atoms with van der Waals surface area (Å²) in [4.78, 5) is 11.6. The van der Waals surface area contributed by atoms with Gasteiger partial charge >= 0.3 is 5.97 Å². The van der Waals surface area contributed by atoms with E-state index in [4.69, 9.17) is 4.74 Å². The van der Waals surface area contributed by atoms with E-state index < -0.39 is 0 Å². The number of halogens is 1. The van der Waals surface area contributed by atoms with E-state index in [1.165, 1.54) is 0 Å². The number of hydrogen-bond acceptors (Lipinski definition) is 4. The second-order valence-corrected chi connectivity index (χ2v) is 5.44. The molecule has 1 fully saturated rings.